The predicted molar refractivity (Wildman–Crippen MR) is 102 cm³/mol. The number of hydrogen-bond donors (Lipinski definition) is 1. The van der Waals surface area contributed by atoms with Crippen LogP contribution in [0.2, 0.25) is 5.02 Å². The molecule has 26 heavy (non-hydrogen) atoms. The van der Waals surface area contributed by atoms with Crippen LogP contribution in [0.4, 0.5) is 17.2 Å². The summed E-state index contributed by atoms with van der Waals surface area (Å²) in [6, 6.07) is 18.1. The fourth-order valence-electron chi connectivity index (χ4n) is 2.37. The van der Waals surface area contributed by atoms with E-state index in [1.165, 1.54) is 7.11 Å². The average Bonchev–Trinajstić information content (AvgIpc) is 2.68. The Morgan fingerprint density at radius 2 is 1.85 bits per heavy atom. The Bertz CT molecular complexity index is 901. The Hall–Kier alpha value is -3.12. The third-order valence-electron chi connectivity index (χ3n) is 3.78. The number of carbonyl (C=O) groups is 1. The lowest BCUT2D eigenvalue weighted by molar-refractivity contribution is 0.102. The zero-order valence-corrected chi connectivity index (χ0v) is 15.1. The molecule has 0 aliphatic carbocycles. The van der Waals surface area contributed by atoms with Crippen LogP contribution in [0.3, 0.4) is 0 Å². The van der Waals surface area contributed by atoms with Gasteiger partial charge in [-0.3, -0.25) is 4.79 Å². The molecule has 2 aromatic carbocycles. The van der Waals surface area contributed by atoms with Crippen molar-refractivity contribution in [3.63, 3.8) is 0 Å². The number of rotatable bonds is 5. The van der Waals surface area contributed by atoms with Gasteiger partial charge in [-0.2, -0.15) is 0 Å². The molecule has 0 aliphatic heterocycles. The molecular formula is C19H17ClN4O2. The van der Waals surface area contributed by atoms with E-state index in [9.17, 15) is 4.79 Å². The molecule has 0 unspecified atom stereocenters. The van der Waals surface area contributed by atoms with Crippen molar-refractivity contribution in [3.8, 4) is 5.75 Å². The van der Waals surface area contributed by atoms with Gasteiger partial charge in [-0.1, -0.05) is 29.8 Å². The number of aromatic nitrogens is 2. The van der Waals surface area contributed by atoms with E-state index in [1.807, 2.05) is 42.3 Å². The minimum atomic E-state index is -0.396. The standard InChI is InChI=1S/C19H17ClN4O2/c1-24(14-6-4-3-5-7-14)18-11-9-15(22-23-18)19(25)21-16-12-13(20)8-10-17(16)26-2/h3-12H,1-2H3,(H,21,25). The molecule has 0 aliphatic rings. The highest BCUT2D eigenvalue weighted by Gasteiger charge is 2.13. The minimum absolute atomic E-state index is 0.192. The van der Waals surface area contributed by atoms with Gasteiger partial charge in [0.1, 0.15) is 5.75 Å². The van der Waals surface area contributed by atoms with Crippen molar-refractivity contribution in [2.45, 2.75) is 0 Å². The van der Waals surface area contributed by atoms with Crippen molar-refractivity contribution in [3.05, 3.63) is 71.4 Å². The van der Waals surface area contributed by atoms with E-state index in [4.69, 9.17) is 16.3 Å². The van der Waals surface area contributed by atoms with Crippen LogP contribution in [-0.4, -0.2) is 30.3 Å². The first-order chi connectivity index (χ1) is 12.6. The van der Waals surface area contributed by atoms with E-state index < -0.39 is 5.91 Å². The number of amides is 1. The molecule has 1 amide bonds. The topological polar surface area (TPSA) is 67.3 Å². The van der Waals surface area contributed by atoms with Crippen LogP contribution < -0.4 is 15.0 Å². The summed E-state index contributed by atoms with van der Waals surface area (Å²) in [5.41, 5.74) is 1.64. The molecule has 3 aromatic rings. The van der Waals surface area contributed by atoms with Gasteiger partial charge in [-0.15, -0.1) is 10.2 Å². The lowest BCUT2D eigenvalue weighted by atomic mass is 10.2. The summed E-state index contributed by atoms with van der Waals surface area (Å²) in [5, 5.41) is 11.4. The molecule has 0 bridgehead atoms. The van der Waals surface area contributed by atoms with E-state index >= 15 is 0 Å². The van der Waals surface area contributed by atoms with Gasteiger partial charge >= 0.3 is 0 Å². The smallest absolute Gasteiger partial charge is 0.276 e. The molecule has 1 N–H and O–H groups in total. The van der Waals surface area contributed by atoms with Gasteiger partial charge < -0.3 is 15.0 Å². The van der Waals surface area contributed by atoms with Crippen LogP contribution in [-0.2, 0) is 0 Å². The Morgan fingerprint density at radius 1 is 1.08 bits per heavy atom. The lowest BCUT2D eigenvalue weighted by Crippen LogP contribution is -2.17. The molecule has 7 heteroatoms. The van der Waals surface area contributed by atoms with E-state index in [1.54, 1.807) is 30.3 Å². The number of nitrogens with one attached hydrogen (secondary N) is 1. The number of benzene rings is 2. The van der Waals surface area contributed by atoms with Crippen molar-refractivity contribution in [2.24, 2.45) is 0 Å². The fraction of sp³-hybridized carbons (Fsp3) is 0.105. The summed E-state index contributed by atoms with van der Waals surface area (Å²) in [6.45, 7) is 0. The van der Waals surface area contributed by atoms with Gasteiger partial charge in [-0.05, 0) is 42.5 Å². The SMILES string of the molecule is COc1ccc(Cl)cc1NC(=O)c1ccc(N(C)c2ccccc2)nn1. The summed E-state index contributed by atoms with van der Waals surface area (Å²) in [4.78, 5) is 14.3. The Balaban J connectivity index is 1.76. The molecule has 0 saturated carbocycles. The third kappa shape index (κ3) is 3.92. The number of hydrogen-bond acceptors (Lipinski definition) is 5. The van der Waals surface area contributed by atoms with E-state index in [2.05, 4.69) is 15.5 Å². The second-order valence-corrected chi connectivity index (χ2v) is 5.91. The van der Waals surface area contributed by atoms with Crippen LogP contribution in [0.25, 0.3) is 0 Å². The van der Waals surface area contributed by atoms with Gasteiger partial charge in [-0.25, -0.2) is 0 Å². The van der Waals surface area contributed by atoms with Crippen molar-refractivity contribution in [1.82, 2.24) is 10.2 Å². The van der Waals surface area contributed by atoms with Crippen molar-refractivity contribution in [1.29, 1.82) is 0 Å². The predicted octanol–water partition coefficient (Wildman–Crippen LogP) is 4.16. The van der Waals surface area contributed by atoms with Crippen molar-refractivity contribution in [2.75, 3.05) is 24.4 Å². The van der Waals surface area contributed by atoms with Crippen molar-refractivity contribution >= 4 is 34.7 Å². The number of methoxy groups -OCH3 is 1. The summed E-state index contributed by atoms with van der Waals surface area (Å²) >= 11 is 5.98. The Labute approximate surface area is 156 Å². The van der Waals surface area contributed by atoms with Crippen LogP contribution >= 0.6 is 11.6 Å². The quantitative estimate of drug-likeness (QED) is 0.732. The molecule has 0 saturated heterocycles. The first-order valence-electron chi connectivity index (χ1n) is 7.86. The fourth-order valence-corrected chi connectivity index (χ4v) is 2.55. The van der Waals surface area contributed by atoms with Crippen LogP contribution in [0.5, 0.6) is 5.75 Å². The number of ether oxygens (including phenoxy) is 1. The maximum Gasteiger partial charge on any atom is 0.276 e. The molecule has 132 valence electrons. The molecule has 0 atom stereocenters. The summed E-state index contributed by atoms with van der Waals surface area (Å²) in [6.07, 6.45) is 0. The zero-order valence-electron chi connectivity index (χ0n) is 14.3. The highest BCUT2D eigenvalue weighted by Crippen LogP contribution is 2.28. The van der Waals surface area contributed by atoms with Crippen LogP contribution in [0.15, 0.2) is 60.7 Å². The summed E-state index contributed by atoms with van der Waals surface area (Å²) in [7, 11) is 3.41. The monoisotopic (exact) mass is 368 g/mol. The van der Waals surface area contributed by atoms with Crippen LogP contribution in [0, 0.1) is 0 Å². The molecule has 6 nitrogen and oxygen atoms in total. The Morgan fingerprint density at radius 3 is 2.50 bits per heavy atom. The highest BCUT2D eigenvalue weighted by molar-refractivity contribution is 6.31. The number of halogens is 1. The molecule has 1 aromatic heterocycles. The van der Waals surface area contributed by atoms with E-state index in [0.29, 0.717) is 22.3 Å². The maximum absolute atomic E-state index is 12.4. The number of para-hydroxylation sites is 1. The zero-order chi connectivity index (χ0) is 18.5. The third-order valence-corrected chi connectivity index (χ3v) is 4.02. The number of nitrogens with zero attached hydrogens (tertiary/aromatic N) is 3. The second kappa shape index (κ2) is 7.84. The first kappa shape index (κ1) is 17.7. The van der Waals surface area contributed by atoms with Crippen LogP contribution in [0.1, 0.15) is 10.5 Å². The van der Waals surface area contributed by atoms with Gasteiger partial charge in [0.25, 0.3) is 5.91 Å². The second-order valence-electron chi connectivity index (χ2n) is 5.47. The number of carbonyl (C=O) groups excluding carboxylic acids is 1. The average molecular weight is 369 g/mol. The van der Waals surface area contributed by atoms with E-state index in [0.717, 1.165) is 5.69 Å². The van der Waals surface area contributed by atoms with Gasteiger partial charge in [0.05, 0.1) is 12.8 Å². The molecule has 0 radical (unpaired) electrons. The molecular weight excluding hydrogens is 352 g/mol. The molecule has 3 rings (SSSR count). The maximum atomic E-state index is 12.4. The first-order valence-corrected chi connectivity index (χ1v) is 8.23. The van der Waals surface area contributed by atoms with Gasteiger partial charge in [0.2, 0.25) is 0 Å². The van der Waals surface area contributed by atoms with Gasteiger partial charge in [0.15, 0.2) is 11.5 Å². The molecule has 1 heterocycles. The highest BCUT2D eigenvalue weighted by atomic mass is 35.5. The minimum Gasteiger partial charge on any atom is -0.495 e. The largest absolute Gasteiger partial charge is 0.495 e. The summed E-state index contributed by atoms with van der Waals surface area (Å²) in [5.74, 6) is 0.746. The van der Waals surface area contributed by atoms with Gasteiger partial charge in [0, 0.05) is 17.8 Å². The lowest BCUT2D eigenvalue weighted by Gasteiger charge is -2.17. The Kier molecular flexibility index (Phi) is 5.34. The molecule has 0 fully saturated rings. The normalized spacial score (nSPS) is 10.3. The number of anilines is 3. The summed E-state index contributed by atoms with van der Waals surface area (Å²) < 4.78 is 5.22. The van der Waals surface area contributed by atoms with Crippen molar-refractivity contribution < 1.29 is 9.53 Å². The van der Waals surface area contributed by atoms with E-state index in [-0.39, 0.29) is 5.69 Å². The molecule has 0 spiro atoms.